The number of hydrogen-bond donors (Lipinski definition) is 3. The first kappa shape index (κ1) is 7.50. The van der Waals surface area contributed by atoms with Gasteiger partial charge in [0.2, 0.25) is 5.91 Å². The van der Waals surface area contributed by atoms with Gasteiger partial charge in [0, 0.05) is 0 Å². The third-order valence-electron chi connectivity index (χ3n) is 1.96. The zero-order valence-corrected chi connectivity index (χ0v) is 5.71. The molecule has 0 bridgehead atoms. The van der Waals surface area contributed by atoms with E-state index < -0.39 is 6.10 Å². The minimum Gasteiger partial charge on any atom is -0.392 e. The normalized spacial score (nSPS) is 32.2. The summed E-state index contributed by atoms with van der Waals surface area (Å²) in [7, 11) is 0. The number of rotatable bonds is 1. The Morgan fingerprint density at radius 3 is 2.70 bits per heavy atom. The molecule has 1 aliphatic carbocycles. The molecule has 0 radical (unpaired) electrons. The van der Waals surface area contributed by atoms with Gasteiger partial charge < -0.3 is 5.11 Å². The molecule has 10 heavy (non-hydrogen) atoms. The van der Waals surface area contributed by atoms with Crippen molar-refractivity contribution < 1.29 is 9.90 Å². The highest BCUT2D eigenvalue weighted by atomic mass is 16.3. The van der Waals surface area contributed by atoms with Crippen LogP contribution in [-0.2, 0) is 4.79 Å². The van der Waals surface area contributed by atoms with E-state index in [1.54, 1.807) is 0 Å². The molecule has 2 atom stereocenters. The summed E-state index contributed by atoms with van der Waals surface area (Å²) in [6.45, 7) is 0. The van der Waals surface area contributed by atoms with E-state index in [2.05, 4.69) is 0 Å². The van der Waals surface area contributed by atoms with Gasteiger partial charge in [0.1, 0.15) is 0 Å². The fourth-order valence-electron chi connectivity index (χ4n) is 1.35. The van der Waals surface area contributed by atoms with Crippen molar-refractivity contribution in [2.24, 2.45) is 11.8 Å². The lowest BCUT2D eigenvalue weighted by molar-refractivity contribution is -0.127. The van der Waals surface area contributed by atoms with Crippen molar-refractivity contribution in [2.75, 3.05) is 0 Å². The van der Waals surface area contributed by atoms with Crippen LogP contribution < -0.4 is 11.3 Å². The van der Waals surface area contributed by atoms with Crippen LogP contribution in [0.5, 0.6) is 0 Å². The Balaban J connectivity index is 2.46. The molecule has 4 heteroatoms. The van der Waals surface area contributed by atoms with E-state index >= 15 is 0 Å². The molecule has 0 aromatic heterocycles. The Morgan fingerprint density at radius 1 is 1.60 bits per heavy atom. The van der Waals surface area contributed by atoms with Gasteiger partial charge >= 0.3 is 0 Å². The van der Waals surface area contributed by atoms with E-state index in [0.717, 1.165) is 19.3 Å². The van der Waals surface area contributed by atoms with E-state index in [0.29, 0.717) is 0 Å². The van der Waals surface area contributed by atoms with Crippen LogP contribution >= 0.6 is 0 Å². The topological polar surface area (TPSA) is 75.3 Å². The van der Waals surface area contributed by atoms with E-state index in [1.165, 1.54) is 0 Å². The smallest absolute Gasteiger partial charge is 0.239 e. The summed E-state index contributed by atoms with van der Waals surface area (Å²) in [5, 5.41) is 9.17. The molecule has 1 amide bonds. The highest BCUT2D eigenvalue weighted by Gasteiger charge is 2.30. The van der Waals surface area contributed by atoms with Crippen LogP contribution in [-0.4, -0.2) is 17.1 Å². The third kappa shape index (κ3) is 1.27. The first-order valence-electron chi connectivity index (χ1n) is 3.44. The molecular weight excluding hydrogens is 132 g/mol. The Kier molecular flexibility index (Phi) is 2.24. The van der Waals surface area contributed by atoms with Crippen LogP contribution in [0.2, 0.25) is 0 Å². The maximum Gasteiger partial charge on any atom is 0.239 e. The molecule has 1 fully saturated rings. The standard InChI is InChI=1S/C6H12N2O2/c7-8-6(10)4-2-1-3-5(4)9/h4-5,9H,1-3,7H2,(H,8,10)/t4-,5-/m0/s1. The quantitative estimate of drug-likeness (QED) is 0.254. The van der Waals surface area contributed by atoms with Gasteiger partial charge in [-0.25, -0.2) is 5.84 Å². The molecular formula is C6H12N2O2. The lowest BCUT2D eigenvalue weighted by Gasteiger charge is -2.10. The van der Waals surface area contributed by atoms with Gasteiger partial charge in [-0.3, -0.25) is 10.2 Å². The number of hydrazine groups is 1. The molecule has 4 nitrogen and oxygen atoms in total. The molecule has 0 aromatic carbocycles. The van der Waals surface area contributed by atoms with Crippen LogP contribution in [0, 0.1) is 5.92 Å². The number of aliphatic hydroxyl groups excluding tert-OH is 1. The summed E-state index contributed by atoms with van der Waals surface area (Å²) in [6, 6.07) is 0. The molecule has 4 N–H and O–H groups in total. The van der Waals surface area contributed by atoms with E-state index in [9.17, 15) is 9.90 Å². The van der Waals surface area contributed by atoms with Gasteiger partial charge in [-0.2, -0.15) is 0 Å². The predicted molar refractivity (Wildman–Crippen MR) is 35.7 cm³/mol. The zero-order valence-electron chi connectivity index (χ0n) is 5.71. The summed E-state index contributed by atoms with van der Waals surface area (Å²) in [5.41, 5.74) is 2.04. The number of carbonyl (C=O) groups is 1. The second kappa shape index (κ2) is 2.98. The van der Waals surface area contributed by atoms with Gasteiger partial charge in [0.05, 0.1) is 12.0 Å². The summed E-state index contributed by atoms with van der Waals surface area (Å²) in [6.07, 6.45) is 1.91. The van der Waals surface area contributed by atoms with Gasteiger partial charge in [-0.05, 0) is 19.3 Å². The first-order valence-corrected chi connectivity index (χ1v) is 3.44. The number of nitrogens with two attached hydrogens (primary N) is 1. The molecule has 0 saturated heterocycles. The van der Waals surface area contributed by atoms with E-state index in [4.69, 9.17) is 5.84 Å². The van der Waals surface area contributed by atoms with Crippen molar-refractivity contribution in [1.29, 1.82) is 0 Å². The fourth-order valence-corrected chi connectivity index (χ4v) is 1.35. The Hall–Kier alpha value is -0.610. The Morgan fingerprint density at radius 2 is 2.30 bits per heavy atom. The van der Waals surface area contributed by atoms with E-state index in [1.807, 2.05) is 5.43 Å². The van der Waals surface area contributed by atoms with Gasteiger partial charge in [-0.1, -0.05) is 0 Å². The Bertz CT molecular complexity index is 138. The van der Waals surface area contributed by atoms with Gasteiger partial charge in [0.15, 0.2) is 0 Å². The second-order valence-electron chi connectivity index (χ2n) is 2.61. The fraction of sp³-hybridized carbons (Fsp3) is 0.833. The van der Waals surface area contributed by atoms with Crippen molar-refractivity contribution in [2.45, 2.75) is 25.4 Å². The molecule has 0 aliphatic heterocycles. The van der Waals surface area contributed by atoms with Gasteiger partial charge in [0.25, 0.3) is 0 Å². The number of hydrogen-bond acceptors (Lipinski definition) is 3. The summed E-state index contributed by atoms with van der Waals surface area (Å²) < 4.78 is 0. The maximum atomic E-state index is 10.8. The highest BCUT2D eigenvalue weighted by Crippen LogP contribution is 2.24. The van der Waals surface area contributed by atoms with Crippen molar-refractivity contribution in [3.8, 4) is 0 Å². The van der Waals surface area contributed by atoms with Crippen LogP contribution in [0.3, 0.4) is 0 Å². The number of nitrogens with one attached hydrogen (secondary N) is 1. The molecule has 0 unspecified atom stereocenters. The molecule has 58 valence electrons. The largest absolute Gasteiger partial charge is 0.392 e. The number of aliphatic hydroxyl groups is 1. The lowest BCUT2D eigenvalue weighted by atomic mass is 10.1. The van der Waals surface area contributed by atoms with Crippen LogP contribution in [0.25, 0.3) is 0 Å². The number of amides is 1. The lowest BCUT2D eigenvalue weighted by Crippen LogP contribution is -2.38. The molecule has 1 rings (SSSR count). The molecule has 1 aliphatic rings. The van der Waals surface area contributed by atoms with Crippen LogP contribution in [0.4, 0.5) is 0 Å². The summed E-state index contributed by atoms with van der Waals surface area (Å²) >= 11 is 0. The predicted octanol–water partition coefficient (Wildman–Crippen LogP) is -0.863. The monoisotopic (exact) mass is 144 g/mol. The highest BCUT2D eigenvalue weighted by molar-refractivity contribution is 5.78. The van der Waals surface area contributed by atoms with Crippen molar-refractivity contribution in [1.82, 2.24) is 5.43 Å². The summed E-state index contributed by atoms with van der Waals surface area (Å²) in [4.78, 5) is 10.8. The maximum absolute atomic E-state index is 10.8. The molecule has 0 spiro atoms. The van der Waals surface area contributed by atoms with Crippen molar-refractivity contribution >= 4 is 5.91 Å². The minimum atomic E-state index is -0.483. The Labute approximate surface area is 59.4 Å². The van der Waals surface area contributed by atoms with Gasteiger partial charge in [-0.15, -0.1) is 0 Å². The van der Waals surface area contributed by atoms with Crippen LogP contribution in [0.15, 0.2) is 0 Å². The summed E-state index contributed by atoms with van der Waals surface area (Å²) in [5.74, 6) is 4.38. The third-order valence-corrected chi connectivity index (χ3v) is 1.96. The average molecular weight is 144 g/mol. The average Bonchev–Trinajstić information content (AvgIpc) is 2.34. The molecule has 1 saturated carbocycles. The SMILES string of the molecule is NNC(=O)[C@H]1CCC[C@@H]1O. The first-order chi connectivity index (χ1) is 4.75. The van der Waals surface area contributed by atoms with Crippen LogP contribution in [0.1, 0.15) is 19.3 Å². The minimum absolute atomic E-state index is 0.245. The molecule has 0 aromatic rings. The molecule has 0 heterocycles. The van der Waals surface area contributed by atoms with Crippen molar-refractivity contribution in [3.63, 3.8) is 0 Å². The van der Waals surface area contributed by atoms with E-state index in [-0.39, 0.29) is 11.8 Å². The number of carbonyl (C=O) groups excluding carboxylic acids is 1. The zero-order chi connectivity index (χ0) is 7.56. The van der Waals surface area contributed by atoms with Crippen molar-refractivity contribution in [3.05, 3.63) is 0 Å². The second-order valence-corrected chi connectivity index (χ2v) is 2.61.